The second kappa shape index (κ2) is 10.1. The van der Waals surface area contributed by atoms with Crippen LogP contribution in [0.2, 0.25) is 0 Å². The average molecular weight is 358 g/mol. The van der Waals surface area contributed by atoms with Crippen LogP contribution in [0.4, 0.5) is 0 Å². The molecule has 0 aromatic carbocycles. The van der Waals surface area contributed by atoms with Gasteiger partial charge in [-0.3, -0.25) is 14.7 Å². The zero-order valence-corrected chi connectivity index (χ0v) is 16.0. The first-order valence-corrected chi connectivity index (χ1v) is 9.99. The summed E-state index contributed by atoms with van der Waals surface area (Å²) < 4.78 is 5.30. The van der Waals surface area contributed by atoms with E-state index in [2.05, 4.69) is 33.3 Å². The lowest BCUT2D eigenvalue weighted by molar-refractivity contribution is -0.136. The zero-order valence-electron chi connectivity index (χ0n) is 15.2. The molecule has 0 aromatic rings. The van der Waals surface area contributed by atoms with Crippen LogP contribution >= 0.6 is 11.8 Å². The molecule has 0 aliphatic carbocycles. The highest BCUT2D eigenvalue weighted by Crippen LogP contribution is 2.06. The Bertz CT molecular complexity index is 421. The molecule has 2 saturated heterocycles. The lowest BCUT2D eigenvalue weighted by Gasteiger charge is -2.37. The lowest BCUT2D eigenvalue weighted by Crippen LogP contribution is -2.55. The van der Waals surface area contributed by atoms with E-state index in [9.17, 15) is 4.79 Å². The molecule has 1 N–H and O–H groups in total. The van der Waals surface area contributed by atoms with Crippen molar-refractivity contribution in [3.63, 3.8) is 0 Å². The molecule has 2 heterocycles. The van der Waals surface area contributed by atoms with Crippen LogP contribution in [0.1, 0.15) is 6.92 Å². The Labute approximate surface area is 149 Å². The van der Waals surface area contributed by atoms with E-state index in [0.717, 1.165) is 51.8 Å². The molecule has 1 atom stereocenters. The number of carbonyl (C=O) groups excluding carboxylic acids is 1. The highest BCUT2D eigenvalue weighted by molar-refractivity contribution is 7.99. The van der Waals surface area contributed by atoms with Gasteiger partial charge in [0.15, 0.2) is 5.96 Å². The third kappa shape index (κ3) is 5.82. The topological polar surface area (TPSA) is 60.4 Å². The van der Waals surface area contributed by atoms with E-state index in [0.29, 0.717) is 25.0 Å². The number of nitrogens with one attached hydrogen (secondary N) is 1. The molecule has 1 unspecified atom stereocenters. The molecule has 0 spiro atoms. The van der Waals surface area contributed by atoms with E-state index in [1.807, 2.05) is 23.7 Å². The quantitative estimate of drug-likeness (QED) is 0.543. The average Bonchev–Trinajstić information content (AvgIpc) is 2.64. The molecule has 2 fully saturated rings. The normalized spacial score (nSPS) is 21.7. The summed E-state index contributed by atoms with van der Waals surface area (Å²) in [6, 6.07) is 0. The zero-order chi connectivity index (χ0) is 17.4. The Balaban J connectivity index is 1.72. The van der Waals surface area contributed by atoms with Gasteiger partial charge in [-0.25, -0.2) is 0 Å². The number of morpholine rings is 1. The number of piperazine rings is 1. The Morgan fingerprint density at radius 1 is 1.17 bits per heavy atom. The highest BCUT2D eigenvalue weighted by Gasteiger charge is 2.24. The standard InChI is InChI=1S/C16H31N5O2S/c1-14(24-3)12-18-16(17-2)21-6-4-19(5-7-21)13-15(22)20-8-10-23-11-9-20/h14H,4-13H2,1-3H3,(H,17,18). The number of guanidine groups is 1. The van der Waals surface area contributed by atoms with Gasteiger partial charge in [0, 0.05) is 58.1 Å². The largest absolute Gasteiger partial charge is 0.378 e. The molecule has 0 aromatic heterocycles. The highest BCUT2D eigenvalue weighted by atomic mass is 32.2. The van der Waals surface area contributed by atoms with E-state index in [4.69, 9.17) is 4.74 Å². The van der Waals surface area contributed by atoms with Crippen molar-refractivity contribution in [1.29, 1.82) is 0 Å². The molecular formula is C16H31N5O2S. The minimum atomic E-state index is 0.225. The molecule has 0 saturated carbocycles. The van der Waals surface area contributed by atoms with Gasteiger partial charge in [-0.2, -0.15) is 11.8 Å². The molecule has 0 bridgehead atoms. The maximum Gasteiger partial charge on any atom is 0.236 e. The predicted molar refractivity (Wildman–Crippen MR) is 99.8 cm³/mol. The van der Waals surface area contributed by atoms with Crippen LogP contribution in [-0.2, 0) is 9.53 Å². The van der Waals surface area contributed by atoms with Gasteiger partial charge in [-0.05, 0) is 6.26 Å². The minimum absolute atomic E-state index is 0.225. The van der Waals surface area contributed by atoms with E-state index >= 15 is 0 Å². The Morgan fingerprint density at radius 2 is 1.83 bits per heavy atom. The lowest BCUT2D eigenvalue weighted by atomic mass is 10.3. The number of rotatable bonds is 5. The maximum absolute atomic E-state index is 12.3. The van der Waals surface area contributed by atoms with Crippen LogP contribution in [0.5, 0.6) is 0 Å². The first kappa shape index (κ1) is 19.3. The number of amides is 1. The first-order chi connectivity index (χ1) is 11.6. The number of aliphatic imine (C=N–C) groups is 1. The van der Waals surface area contributed by atoms with E-state index in [-0.39, 0.29) is 5.91 Å². The van der Waals surface area contributed by atoms with E-state index < -0.39 is 0 Å². The number of ether oxygens (including phenoxy) is 1. The smallest absolute Gasteiger partial charge is 0.236 e. The van der Waals surface area contributed by atoms with Crippen LogP contribution in [-0.4, -0.2) is 111 Å². The van der Waals surface area contributed by atoms with Crippen molar-refractivity contribution in [3.8, 4) is 0 Å². The first-order valence-electron chi connectivity index (χ1n) is 8.70. The van der Waals surface area contributed by atoms with Crippen LogP contribution in [0, 0.1) is 0 Å². The number of nitrogens with zero attached hydrogens (tertiary/aromatic N) is 4. The van der Waals surface area contributed by atoms with Crippen molar-refractivity contribution >= 4 is 23.6 Å². The molecule has 0 radical (unpaired) electrons. The Kier molecular flexibility index (Phi) is 8.14. The fraction of sp³-hybridized carbons (Fsp3) is 0.875. The van der Waals surface area contributed by atoms with Gasteiger partial charge < -0.3 is 19.9 Å². The second-order valence-electron chi connectivity index (χ2n) is 6.23. The number of hydrogen-bond acceptors (Lipinski definition) is 5. The van der Waals surface area contributed by atoms with Crippen molar-refractivity contribution in [3.05, 3.63) is 0 Å². The van der Waals surface area contributed by atoms with Gasteiger partial charge in [0.2, 0.25) is 5.91 Å². The number of carbonyl (C=O) groups is 1. The summed E-state index contributed by atoms with van der Waals surface area (Å²) in [6.07, 6.45) is 2.12. The van der Waals surface area contributed by atoms with E-state index in [1.54, 1.807) is 0 Å². The summed E-state index contributed by atoms with van der Waals surface area (Å²) in [7, 11) is 1.83. The summed E-state index contributed by atoms with van der Waals surface area (Å²) in [5, 5.41) is 4.01. The number of thioether (sulfide) groups is 1. The van der Waals surface area contributed by atoms with Crippen molar-refractivity contribution in [2.45, 2.75) is 12.2 Å². The molecule has 8 heteroatoms. The van der Waals surface area contributed by atoms with Gasteiger partial charge in [0.25, 0.3) is 0 Å². The van der Waals surface area contributed by atoms with Crippen LogP contribution in [0.15, 0.2) is 4.99 Å². The molecule has 138 valence electrons. The van der Waals surface area contributed by atoms with Gasteiger partial charge in [0.05, 0.1) is 19.8 Å². The Hall–Kier alpha value is -0.990. The van der Waals surface area contributed by atoms with Gasteiger partial charge >= 0.3 is 0 Å². The second-order valence-corrected chi connectivity index (χ2v) is 7.51. The van der Waals surface area contributed by atoms with Gasteiger partial charge in [-0.15, -0.1) is 0 Å². The summed E-state index contributed by atoms with van der Waals surface area (Å²) in [5.74, 6) is 1.19. The fourth-order valence-electron chi connectivity index (χ4n) is 2.87. The molecule has 2 aliphatic rings. The van der Waals surface area contributed by atoms with Crippen molar-refractivity contribution in [2.75, 3.05) is 78.9 Å². The SMILES string of the molecule is CN=C(NCC(C)SC)N1CCN(CC(=O)N2CCOCC2)CC1. The van der Waals surface area contributed by atoms with Crippen LogP contribution in [0.3, 0.4) is 0 Å². The molecule has 7 nitrogen and oxygen atoms in total. The van der Waals surface area contributed by atoms with Crippen LogP contribution < -0.4 is 5.32 Å². The summed E-state index contributed by atoms with van der Waals surface area (Å²) in [6.45, 7) is 10.0. The molecule has 1 amide bonds. The monoisotopic (exact) mass is 357 g/mol. The Morgan fingerprint density at radius 3 is 2.42 bits per heavy atom. The fourth-order valence-corrected chi connectivity index (χ4v) is 3.12. The summed E-state index contributed by atoms with van der Waals surface area (Å²) >= 11 is 1.85. The maximum atomic E-state index is 12.3. The number of hydrogen-bond donors (Lipinski definition) is 1. The molecular weight excluding hydrogens is 326 g/mol. The van der Waals surface area contributed by atoms with Gasteiger partial charge in [0.1, 0.15) is 0 Å². The van der Waals surface area contributed by atoms with Gasteiger partial charge in [-0.1, -0.05) is 6.92 Å². The molecule has 24 heavy (non-hydrogen) atoms. The summed E-state index contributed by atoms with van der Waals surface area (Å²) in [4.78, 5) is 23.2. The molecule has 2 rings (SSSR count). The van der Waals surface area contributed by atoms with Crippen molar-refractivity contribution in [1.82, 2.24) is 20.0 Å². The minimum Gasteiger partial charge on any atom is -0.378 e. The summed E-state index contributed by atoms with van der Waals surface area (Å²) in [5.41, 5.74) is 0. The predicted octanol–water partition coefficient (Wildman–Crippen LogP) is -0.210. The van der Waals surface area contributed by atoms with Crippen molar-refractivity contribution in [2.24, 2.45) is 4.99 Å². The third-order valence-corrected chi connectivity index (χ3v) is 5.53. The van der Waals surface area contributed by atoms with E-state index in [1.165, 1.54) is 0 Å². The van der Waals surface area contributed by atoms with Crippen LogP contribution in [0.25, 0.3) is 0 Å². The molecule has 2 aliphatic heterocycles. The van der Waals surface area contributed by atoms with Crippen molar-refractivity contribution < 1.29 is 9.53 Å². The third-order valence-electron chi connectivity index (χ3n) is 4.56.